The summed E-state index contributed by atoms with van der Waals surface area (Å²) in [4.78, 5) is 25.0. The Kier molecular flexibility index (Phi) is 5.95. The highest BCUT2D eigenvalue weighted by Crippen LogP contribution is 2.05. The molecule has 1 amide bonds. The number of carbonyl (C=O) groups is 1. The summed E-state index contributed by atoms with van der Waals surface area (Å²) in [6.07, 6.45) is 7.06. The molecule has 0 saturated heterocycles. The summed E-state index contributed by atoms with van der Waals surface area (Å²) in [6, 6.07) is 1.83. The largest absolute Gasteiger partial charge is 0.352 e. The molecule has 130 valence electrons. The quantitative estimate of drug-likeness (QED) is 0.843. The van der Waals surface area contributed by atoms with Crippen LogP contribution in [0.3, 0.4) is 0 Å². The molecule has 0 radical (unpaired) electrons. The van der Waals surface area contributed by atoms with E-state index in [2.05, 4.69) is 24.3 Å². The van der Waals surface area contributed by atoms with Gasteiger partial charge >= 0.3 is 0 Å². The molecule has 1 N–H and O–H groups in total. The molecule has 0 aliphatic rings. The molecule has 0 unspecified atom stereocenters. The first-order chi connectivity index (χ1) is 11.4. The van der Waals surface area contributed by atoms with E-state index in [1.165, 1.54) is 0 Å². The first kappa shape index (κ1) is 18.0. The van der Waals surface area contributed by atoms with Crippen molar-refractivity contribution in [2.45, 2.75) is 40.2 Å². The summed E-state index contributed by atoms with van der Waals surface area (Å²) in [5, 5.41) is 6.94. The second kappa shape index (κ2) is 7.95. The van der Waals surface area contributed by atoms with E-state index in [-0.39, 0.29) is 17.0 Å². The Labute approximate surface area is 142 Å². The summed E-state index contributed by atoms with van der Waals surface area (Å²) in [7, 11) is 1.86. The molecule has 0 aromatic carbocycles. The zero-order valence-corrected chi connectivity index (χ0v) is 14.9. The lowest BCUT2D eigenvalue weighted by atomic mass is 10.1. The van der Waals surface area contributed by atoms with Gasteiger partial charge in [0.15, 0.2) is 0 Å². The zero-order valence-electron chi connectivity index (χ0n) is 14.9. The van der Waals surface area contributed by atoms with Crippen LogP contribution in [0.15, 0.2) is 29.5 Å². The molecule has 2 heterocycles. The molecule has 0 fully saturated rings. The van der Waals surface area contributed by atoms with Crippen molar-refractivity contribution in [2.75, 3.05) is 6.54 Å². The Balaban J connectivity index is 2.04. The van der Waals surface area contributed by atoms with Gasteiger partial charge in [-0.15, -0.1) is 0 Å². The van der Waals surface area contributed by atoms with Crippen molar-refractivity contribution in [1.29, 1.82) is 0 Å². The van der Waals surface area contributed by atoms with Gasteiger partial charge in [-0.25, -0.2) is 0 Å². The number of rotatable bonds is 7. The van der Waals surface area contributed by atoms with E-state index >= 15 is 0 Å². The highest BCUT2D eigenvalue weighted by Gasteiger charge is 2.15. The summed E-state index contributed by atoms with van der Waals surface area (Å²) < 4.78 is 3.36. The molecular weight excluding hydrogens is 304 g/mol. The lowest BCUT2D eigenvalue weighted by molar-refractivity contribution is 0.0951. The summed E-state index contributed by atoms with van der Waals surface area (Å²) >= 11 is 0. The van der Waals surface area contributed by atoms with Crippen molar-refractivity contribution >= 4 is 5.91 Å². The van der Waals surface area contributed by atoms with Crippen LogP contribution < -0.4 is 10.9 Å². The number of pyridine rings is 1. The predicted molar refractivity (Wildman–Crippen MR) is 94.1 cm³/mol. The van der Waals surface area contributed by atoms with Gasteiger partial charge in [0.05, 0.1) is 6.20 Å². The van der Waals surface area contributed by atoms with Crippen molar-refractivity contribution in [3.63, 3.8) is 0 Å². The van der Waals surface area contributed by atoms with E-state index < -0.39 is 0 Å². The van der Waals surface area contributed by atoms with Gasteiger partial charge in [-0.1, -0.05) is 13.8 Å². The van der Waals surface area contributed by atoms with Gasteiger partial charge in [-0.05, 0) is 42.9 Å². The SMILES string of the molecule is Cc1ccn(CCC(C)C)c(=O)c1C(=O)NCCc1cnn(C)c1. The number of amides is 1. The van der Waals surface area contributed by atoms with Gasteiger partial charge in [0.2, 0.25) is 0 Å². The Hall–Kier alpha value is -2.37. The van der Waals surface area contributed by atoms with E-state index in [9.17, 15) is 9.59 Å². The fourth-order valence-electron chi connectivity index (χ4n) is 2.52. The van der Waals surface area contributed by atoms with Gasteiger partial charge in [0.25, 0.3) is 11.5 Å². The van der Waals surface area contributed by atoms with Gasteiger partial charge < -0.3 is 9.88 Å². The molecule has 24 heavy (non-hydrogen) atoms. The number of nitrogens with zero attached hydrogens (tertiary/aromatic N) is 3. The van der Waals surface area contributed by atoms with Crippen molar-refractivity contribution < 1.29 is 4.79 Å². The average Bonchev–Trinajstić information content (AvgIpc) is 2.92. The van der Waals surface area contributed by atoms with Crippen molar-refractivity contribution in [1.82, 2.24) is 19.7 Å². The Bertz CT molecular complexity index is 759. The third-order valence-corrected chi connectivity index (χ3v) is 4.01. The van der Waals surface area contributed by atoms with Gasteiger partial charge in [0, 0.05) is 32.5 Å². The normalized spacial score (nSPS) is 11.0. The first-order valence-corrected chi connectivity index (χ1v) is 8.34. The highest BCUT2D eigenvalue weighted by atomic mass is 16.2. The lowest BCUT2D eigenvalue weighted by Crippen LogP contribution is -2.35. The van der Waals surface area contributed by atoms with Crippen LogP contribution >= 0.6 is 0 Å². The van der Waals surface area contributed by atoms with Crippen LogP contribution in [0.25, 0.3) is 0 Å². The number of nitrogens with one attached hydrogen (secondary N) is 1. The third kappa shape index (κ3) is 4.57. The monoisotopic (exact) mass is 330 g/mol. The van der Waals surface area contributed by atoms with Crippen LogP contribution in [0, 0.1) is 12.8 Å². The summed E-state index contributed by atoms with van der Waals surface area (Å²) in [5.74, 6) is 0.204. The van der Waals surface area contributed by atoms with Gasteiger partial charge in [0.1, 0.15) is 5.56 Å². The maximum Gasteiger partial charge on any atom is 0.263 e. The number of hydrogen-bond donors (Lipinski definition) is 1. The van der Waals surface area contributed by atoms with Crippen LogP contribution in [0.2, 0.25) is 0 Å². The minimum absolute atomic E-state index is 0.213. The Morgan fingerprint density at radius 2 is 2.12 bits per heavy atom. The van der Waals surface area contributed by atoms with Crippen LogP contribution in [0.1, 0.15) is 41.8 Å². The lowest BCUT2D eigenvalue weighted by Gasteiger charge is -2.12. The van der Waals surface area contributed by atoms with Gasteiger partial charge in [-0.3, -0.25) is 14.3 Å². The summed E-state index contributed by atoms with van der Waals surface area (Å²) in [6.45, 7) is 7.14. The molecular formula is C18H26N4O2. The van der Waals surface area contributed by atoms with Crippen LogP contribution in [-0.4, -0.2) is 26.8 Å². The standard InChI is InChI=1S/C18H26N4O2/c1-13(2)6-9-22-10-7-14(3)16(18(22)24)17(23)19-8-5-15-11-20-21(4)12-15/h7,10-13H,5-6,8-9H2,1-4H3,(H,19,23). The van der Waals surface area contributed by atoms with E-state index in [1.807, 2.05) is 19.3 Å². The van der Waals surface area contributed by atoms with E-state index in [4.69, 9.17) is 0 Å². The average molecular weight is 330 g/mol. The number of aryl methyl sites for hydroxylation is 3. The second-order valence-electron chi connectivity index (χ2n) is 6.58. The van der Waals surface area contributed by atoms with E-state index in [0.29, 0.717) is 31.0 Å². The molecule has 2 rings (SSSR count). The van der Waals surface area contributed by atoms with Crippen LogP contribution in [0.5, 0.6) is 0 Å². The van der Waals surface area contributed by atoms with Crippen LogP contribution in [0.4, 0.5) is 0 Å². The van der Waals surface area contributed by atoms with Crippen LogP contribution in [-0.2, 0) is 20.0 Å². The molecule has 6 nitrogen and oxygen atoms in total. The maximum atomic E-state index is 12.6. The zero-order chi connectivity index (χ0) is 17.7. The Morgan fingerprint density at radius 3 is 2.75 bits per heavy atom. The molecule has 0 saturated carbocycles. The number of carbonyl (C=O) groups excluding carboxylic acids is 1. The smallest absolute Gasteiger partial charge is 0.263 e. The maximum absolute atomic E-state index is 12.6. The second-order valence-corrected chi connectivity index (χ2v) is 6.58. The molecule has 0 aliphatic carbocycles. The fraction of sp³-hybridized carbons (Fsp3) is 0.500. The minimum Gasteiger partial charge on any atom is -0.352 e. The number of aromatic nitrogens is 3. The van der Waals surface area contributed by atoms with Crippen molar-refractivity contribution in [3.05, 3.63) is 51.7 Å². The molecule has 0 aliphatic heterocycles. The number of hydrogen-bond acceptors (Lipinski definition) is 3. The molecule has 0 bridgehead atoms. The van der Waals surface area contributed by atoms with E-state index in [0.717, 1.165) is 12.0 Å². The highest BCUT2D eigenvalue weighted by molar-refractivity contribution is 5.95. The molecule has 6 heteroatoms. The van der Waals surface area contributed by atoms with Gasteiger partial charge in [-0.2, -0.15) is 5.10 Å². The molecule has 2 aromatic heterocycles. The summed E-state index contributed by atoms with van der Waals surface area (Å²) in [5.41, 5.74) is 1.79. The first-order valence-electron chi connectivity index (χ1n) is 8.34. The molecule has 0 atom stereocenters. The Morgan fingerprint density at radius 1 is 1.38 bits per heavy atom. The van der Waals surface area contributed by atoms with Crippen molar-refractivity contribution in [3.8, 4) is 0 Å². The molecule has 0 spiro atoms. The predicted octanol–water partition coefficient (Wildman–Crippen LogP) is 1.91. The van der Waals surface area contributed by atoms with Crippen molar-refractivity contribution in [2.24, 2.45) is 13.0 Å². The minimum atomic E-state index is -0.305. The third-order valence-electron chi connectivity index (χ3n) is 4.01. The molecule has 2 aromatic rings. The fourth-order valence-corrected chi connectivity index (χ4v) is 2.52. The van der Waals surface area contributed by atoms with E-state index in [1.54, 1.807) is 28.6 Å². The topological polar surface area (TPSA) is 68.9 Å².